The highest BCUT2D eigenvalue weighted by atomic mass is 16.2. The molecule has 2 aliphatic heterocycles. The Balaban J connectivity index is 1.45. The number of carbonyl (C=O) groups is 2. The summed E-state index contributed by atoms with van der Waals surface area (Å²) in [6.45, 7) is 6.43. The number of hydrogen-bond acceptors (Lipinski definition) is 5. The molecule has 2 amide bonds. The molecule has 0 atom stereocenters. The zero-order valence-electron chi connectivity index (χ0n) is 18.1. The van der Waals surface area contributed by atoms with E-state index in [2.05, 4.69) is 27.4 Å². The molecule has 7 heteroatoms. The van der Waals surface area contributed by atoms with E-state index in [0.717, 1.165) is 44.9 Å². The molecule has 0 radical (unpaired) electrons. The maximum Gasteiger partial charge on any atom is 0.257 e. The van der Waals surface area contributed by atoms with E-state index < -0.39 is 0 Å². The van der Waals surface area contributed by atoms with Crippen molar-refractivity contribution >= 4 is 29.0 Å². The van der Waals surface area contributed by atoms with Crippen LogP contribution < -0.4 is 15.5 Å². The van der Waals surface area contributed by atoms with E-state index in [1.807, 2.05) is 18.2 Å². The number of benzene rings is 1. The van der Waals surface area contributed by atoms with Crippen LogP contribution >= 0.6 is 0 Å². The van der Waals surface area contributed by atoms with Crippen LogP contribution in [-0.4, -0.2) is 54.4 Å². The largest absolute Gasteiger partial charge is 0.319 e. The third kappa shape index (κ3) is 4.94. The Morgan fingerprint density at radius 2 is 2.00 bits per heavy atom. The van der Waals surface area contributed by atoms with Crippen LogP contribution in [0, 0.1) is 5.92 Å². The van der Waals surface area contributed by atoms with Gasteiger partial charge < -0.3 is 10.6 Å². The van der Waals surface area contributed by atoms with Crippen LogP contribution in [0.2, 0.25) is 0 Å². The fourth-order valence-electron chi connectivity index (χ4n) is 4.48. The lowest BCUT2D eigenvalue weighted by atomic mass is 9.92. The highest BCUT2D eigenvalue weighted by Gasteiger charge is 2.31. The van der Waals surface area contributed by atoms with Crippen LogP contribution in [0.15, 0.2) is 42.6 Å². The van der Waals surface area contributed by atoms with Crippen molar-refractivity contribution in [2.75, 3.05) is 42.9 Å². The van der Waals surface area contributed by atoms with E-state index in [1.54, 1.807) is 29.3 Å². The molecular formula is C24H31N5O2. The molecule has 0 unspecified atom stereocenters. The lowest BCUT2D eigenvalue weighted by Crippen LogP contribution is -2.42. The third-order valence-corrected chi connectivity index (χ3v) is 6.17. The van der Waals surface area contributed by atoms with Gasteiger partial charge in [0.25, 0.3) is 5.91 Å². The first-order valence-electron chi connectivity index (χ1n) is 11.3. The molecule has 0 bridgehead atoms. The number of nitrogens with zero attached hydrogens (tertiary/aromatic N) is 3. The molecule has 0 saturated carbocycles. The summed E-state index contributed by atoms with van der Waals surface area (Å²) >= 11 is 0. The number of likely N-dealkylation sites (tertiary alicyclic amines) is 1. The van der Waals surface area contributed by atoms with Crippen molar-refractivity contribution in [2.45, 2.75) is 32.6 Å². The molecule has 31 heavy (non-hydrogen) atoms. The zero-order chi connectivity index (χ0) is 21.6. The van der Waals surface area contributed by atoms with Gasteiger partial charge in [-0.3, -0.25) is 19.4 Å². The molecule has 1 aromatic heterocycles. The third-order valence-electron chi connectivity index (χ3n) is 6.17. The van der Waals surface area contributed by atoms with Gasteiger partial charge in [-0.05, 0) is 82.0 Å². The van der Waals surface area contributed by atoms with Crippen LogP contribution in [0.1, 0.15) is 43.0 Å². The van der Waals surface area contributed by atoms with Gasteiger partial charge in [0.05, 0.1) is 23.5 Å². The Morgan fingerprint density at radius 3 is 2.81 bits per heavy atom. The van der Waals surface area contributed by atoms with Gasteiger partial charge in [-0.2, -0.15) is 0 Å². The molecule has 0 aliphatic carbocycles. The molecule has 1 aromatic carbocycles. The fourth-order valence-corrected chi connectivity index (χ4v) is 4.48. The topological polar surface area (TPSA) is 77.6 Å². The maximum atomic E-state index is 13.5. The van der Waals surface area contributed by atoms with Gasteiger partial charge >= 0.3 is 0 Å². The van der Waals surface area contributed by atoms with Gasteiger partial charge in [0.1, 0.15) is 0 Å². The summed E-state index contributed by atoms with van der Waals surface area (Å²) in [7, 11) is 0. The number of anilines is 3. The van der Waals surface area contributed by atoms with Crippen molar-refractivity contribution in [1.82, 2.24) is 15.2 Å². The first kappa shape index (κ1) is 21.5. The minimum Gasteiger partial charge on any atom is -0.319 e. The van der Waals surface area contributed by atoms with Crippen molar-refractivity contribution in [3.63, 3.8) is 0 Å². The van der Waals surface area contributed by atoms with Crippen LogP contribution in [0.25, 0.3) is 0 Å². The molecule has 7 nitrogen and oxygen atoms in total. The second-order valence-corrected chi connectivity index (χ2v) is 8.29. The lowest BCUT2D eigenvalue weighted by Gasteiger charge is -2.33. The Bertz CT molecular complexity index is 924. The zero-order valence-corrected chi connectivity index (χ0v) is 18.1. The first-order chi connectivity index (χ1) is 15.2. The van der Waals surface area contributed by atoms with Crippen LogP contribution in [0.3, 0.4) is 0 Å². The average Bonchev–Trinajstić information content (AvgIpc) is 2.92. The van der Waals surface area contributed by atoms with Crippen molar-refractivity contribution in [2.24, 2.45) is 5.92 Å². The van der Waals surface area contributed by atoms with Gasteiger partial charge in [-0.15, -0.1) is 0 Å². The Hall–Kier alpha value is -2.77. The Labute approximate surface area is 183 Å². The summed E-state index contributed by atoms with van der Waals surface area (Å²) in [5.74, 6) is 0.935. The number of hydrogen-bond donors (Lipinski definition) is 2. The Kier molecular flexibility index (Phi) is 6.94. The predicted molar refractivity (Wildman–Crippen MR) is 123 cm³/mol. The van der Waals surface area contributed by atoms with Gasteiger partial charge in [0.2, 0.25) is 5.91 Å². The van der Waals surface area contributed by atoms with E-state index in [9.17, 15) is 9.59 Å². The molecule has 3 heterocycles. The van der Waals surface area contributed by atoms with Crippen molar-refractivity contribution in [1.29, 1.82) is 0 Å². The SMILES string of the molecule is CCNCCCC1CCN(CC(=O)N2c3ccccc3C(=O)Nc3cccnc32)CC1. The maximum absolute atomic E-state index is 13.5. The fraction of sp³-hybridized carbons (Fsp3) is 0.458. The summed E-state index contributed by atoms with van der Waals surface area (Å²) in [6, 6.07) is 10.8. The van der Waals surface area contributed by atoms with E-state index in [-0.39, 0.29) is 11.8 Å². The predicted octanol–water partition coefficient (Wildman–Crippen LogP) is 3.41. The standard InChI is InChI=1S/C24H31N5O2/c1-2-25-13-5-7-18-11-15-28(16-12-18)17-22(30)29-21-10-4-3-8-19(21)24(31)27-20-9-6-14-26-23(20)29/h3-4,6,8-10,14,18,25H,2,5,7,11-13,15-17H2,1H3,(H,27,31). The number of piperidine rings is 1. The lowest BCUT2D eigenvalue weighted by molar-refractivity contribution is -0.119. The minimum absolute atomic E-state index is 0.0607. The van der Waals surface area contributed by atoms with Crippen molar-refractivity contribution < 1.29 is 9.59 Å². The van der Waals surface area contributed by atoms with Crippen LogP contribution in [0.5, 0.6) is 0 Å². The highest BCUT2D eigenvalue weighted by molar-refractivity contribution is 6.17. The summed E-state index contributed by atoms with van der Waals surface area (Å²) in [6.07, 6.45) is 6.37. The molecule has 164 valence electrons. The van der Waals surface area contributed by atoms with E-state index in [0.29, 0.717) is 29.3 Å². The van der Waals surface area contributed by atoms with Gasteiger partial charge in [0.15, 0.2) is 5.82 Å². The monoisotopic (exact) mass is 421 g/mol. The van der Waals surface area contributed by atoms with Crippen molar-refractivity contribution in [3.05, 3.63) is 48.2 Å². The summed E-state index contributed by atoms with van der Waals surface area (Å²) in [5, 5.41) is 6.28. The second-order valence-electron chi connectivity index (χ2n) is 8.29. The molecule has 2 aliphatic rings. The summed E-state index contributed by atoms with van der Waals surface area (Å²) < 4.78 is 0. The number of pyridine rings is 1. The number of carbonyl (C=O) groups excluding carboxylic acids is 2. The number of rotatable bonds is 7. The van der Waals surface area contributed by atoms with Gasteiger partial charge in [-0.25, -0.2) is 4.98 Å². The van der Waals surface area contributed by atoms with Crippen molar-refractivity contribution in [3.8, 4) is 0 Å². The second kappa shape index (κ2) is 10.0. The summed E-state index contributed by atoms with van der Waals surface area (Å²) in [4.78, 5) is 34.4. The quantitative estimate of drug-likeness (QED) is 0.670. The summed E-state index contributed by atoms with van der Waals surface area (Å²) in [5.41, 5.74) is 1.62. The van der Waals surface area contributed by atoms with Gasteiger partial charge in [0, 0.05) is 6.20 Å². The molecular weight excluding hydrogens is 390 g/mol. The number of nitrogens with one attached hydrogen (secondary N) is 2. The molecule has 2 aromatic rings. The number of para-hydroxylation sites is 1. The molecule has 1 saturated heterocycles. The Morgan fingerprint density at radius 1 is 1.19 bits per heavy atom. The molecule has 0 spiro atoms. The molecule has 1 fully saturated rings. The number of fused-ring (bicyclic) bond motifs is 2. The first-order valence-corrected chi connectivity index (χ1v) is 11.3. The van der Waals surface area contributed by atoms with E-state index in [1.165, 1.54) is 12.8 Å². The van der Waals surface area contributed by atoms with Gasteiger partial charge in [-0.1, -0.05) is 19.1 Å². The minimum atomic E-state index is -0.224. The smallest absolute Gasteiger partial charge is 0.257 e. The molecule has 4 rings (SSSR count). The number of aromatic nitrogens is 1. The normalized spacial score (nSPS) is 16.9. The van der Waals surface area contributed by atoms with Crippen LogP contribution in [0.4, 0.5) is 17.2 Å². The highest BCUT2D eigenvalue weighted by Crippen LogP contribution is 2.36. The molecule has 2 N–H and O–H groups in total. The van der Waals surface area contributed by atoms with E-state index in [4.69, 9.17) is 0 Å². The number of amides is 2. The van der Waals surface area contributed by atoms with Crippen LogP contribution in [-0.2, 0) is 4.79 Å². The average molecular weight is 422 g/mol. The van der Waals surface area contributed by atoms with E-state index >= 15 is 0 Å².